The molecule has 1 fully saturated rings. The first-order chi connectivity index (χ1) is 15.9. The van der Waals surface area contributed by atoms with E-state index in [1.54, 1.807) is 37.0 Å². The van der Waals surface area contributed by atoms with Gasteiger partial charge in [-0.3, -0.25) is 14.2 Å². The highest BCUT2D eigenvalue weighted by atomic mass is 79.9. The molecule has 1 saturated carbocycles. The summed E-state index contributed by atoms with van der Waals surface area (Å²) in [6, 6.07) is 10.4. The van der Waals surface area contributed by atoms with Gasteiger partial charge in [0.05, 0.1) is 41.3 Å². The quantitative estimate of drug-likeness (QED) is 0.429. The topological polar surface area (TPSA) is 73.7 Å². The van der Waals surface area contributed by atoms with Gasteiger partial charge in [-0.1, -0.05) is 19.1 Å². The number of hydrogen-bond donors (Lipinski definition) is 0. The number of carbonyl (C=O) groups is 1. The fourth-order valence-electron chi connectivity index (χ4n) is 4.09. The zero-order valence-corrected chi connectivity index (χ0v) is 20.9. The number of methoxy groups -OCH3 is 2. The van der Waals surface area contributed by atoms with E-state index in [1.807, 2.05) is 36.9 Å². The molecule has 174 valence electrons. The highest BCUT2D eigenvalue weighted by molar-refractivity contribution is 9.10. The summed E-state index contributed by atoms with van der Waals surface area (Å²) in [5.41, 5.74) is 0.933. The number of hydrogen-bond acceptors (Lipinski definition) is 5. The second-order valence-corrected chi connectivity index (χ2v) is 9.07. The van der Waals surface area contributed by atoms with Crippen LogP contribution in [-0.4, -0.2) is 41.1 Å². The van der Waals surface area contributed by atoms with Crippen molar-refractivity contribution in [1.29, 1.82) is 0 Å². The zero-order chi connectivity index (χ0) is 23.7. The van der Waals surface area contributed by atoms with Crippen molar-refractivity contribution in [1.82, 2.24) is 14.5 Å². The Morgan fingerprint density at radius 1 is 1.24 bits per heavy atom. The third-order valence-electron chi connectivity index (χ3n) is 6.01. The smallest absolute Gasteiger partial charge is 0.266 e. The minimum absolute atomic E-state index is 0.0725. The van der Waals surface area contributed by atoms with Crippen molar-refractivity contribution in [3.05, 3.63) is 57.0 Å². The van der Waals surface area contributed by atoms with Gasteiger partial charge in [0, 0.05) is 24.6 Å². The Balaban J connectivity index is 2.00. The standard InChI is InChI=1S/C25H28BrN3O4/c1-5-12-28(24(30)16-10-11-16)15(2)23-27-19-9-7-6-8-18(19)25(31)29(23)20-13-17(32-3)14-21(33-4)22(20)26/h6-9,13-16H,5,10-12H2,1-4H3. The molecule has 0 spiro atoms. The van der Waals surface area contributed by atoms with Crippen LogP contribution < -0.4 is 15.0 Å². The van der Waals surface area contributed by atoms with E-state index in [0.717, 1.165) is 19.3 Å². The SMILES string of the molecule is CCCN(C(=O)C1CC1)C(C)c1nc2ccccc2c(=O)n1-c1cc(OC)cc(OC)c1Br. The molecule has 4 rings (SSSR count). The number of ether oxygens (including phenoxy) is 2. The summed E-state index contributed by atoms with van der Waals surface area (Å²) in [6.07, 6.45) is 2.65. The maximum absolute atomic E-state index is 13.8. The van der Waals surface area contributed by atoms with Crippen LogP contribution in [0.4, 0.5) is 0 Å². The number of carbonyl (C=O) groups excluding carboxylic acids is 1. The van der Waals surface area contributed by atoms with Crippen molar-refractivity contribution in [3.8, 4) is 17.2 Å². The minimum Gasteiger partial charge on any atom is -0.497 e. The van der Waals surface area contributed by atoms with Crippen molar-refractivity contribution in [3.63, 3.8) is 0 Å². The number of para-hydroxylation sites is 1. The van der Waals surface area contributed by atoms with Crippen molar-refractivity contribution < 1.29 is 14.3 Å². The summed E-state index contributed by atoms with van der Waals surface area (Å²) in [6.45, 7) is 4.58. The number of halogens is 1. The summed E-state index contributed by atoms with van der Waals surface area (Å²) in [4.78, 5) is 33.7. The van der Waals surface area contributed by atoms with Gasteiger partial charge in [0.1, 0.15) is 17.3 Å². The lowest BCUT2D eigenvalue weighted by Gasteiger charge is -2.31. The highest BCUT2D eigenvalue weighted by Gasteiger charge is 2.36. The van der Waals surface area contributed by atoms with Gasteiger partial charge in [0.2, 0.25) is 5.91 Å². The van der Waals surface area contributed by atoms with Gasteiger partial charge in [-0.05, 0) is 54.2 Å². The molecule has 1 aliphatic rings. The Morgan fingerprint density at radius 3 is 2.61 bits per heavy atom. The number of fused-ring (bicyclic) bond motifs is 1. The minimum atomic E-state index is -0.403. The van der Waals surface area contributed by atoms with Crippen LogP contribution in [-0.2, 0) is 4.79 Å². The van der Waals surface area contributed by atoms with Crippen molar-refractivity contribution >= 4 is 32.7 Å². The monoisotopic (exact) mass is 513 g/mol. The van der Waals surface area contributed by atoms with E-state index in [0.29, 0.717) is 44.9 Å². The van der Waals surface area contributed by atoms with Crippen molar-refractivity contribution in [2.45, 2.75) is 39.2 Å². The van der Waals surface area contributed by atoms with Crippen LogP contribution in [0.3, 0.4) is 0 Å². The van der Waals surface area contributed by atoms with E-state index in [2.05, 4.69) is 15.9 Å². The number of rotatable bonds is 8. The molecular formula is C25H28BrN3O4. The van der Waals surface area contributed by atoms with Crippen molar-refractivity contribution in [2.24, 2.45) is 5.92 Å². The fourth-order valence-corrected chi connectivity index (χ4v) is 4.66. The summed E-state index contributed by atoms with van der Waals surface area (Å²) < 4.78 is 13.2. The van der Waals surface area contributed by atoms with Crippen molar-refractivity contribution in [2.75, 3.05) is 20.8 Å². The third-order valence-corrected chi connectivity index (χ3v) is 6.80. The molecule has 0 radical (unpaired) electrons. The molecule has 1 atom stereocenters. The molecule has 0 bridgehead atoms. The van der Waals surface area contributed by atoms with E-state index in [-0.39, 0.29) is 17.4 Å². The molecular weight excluding hydrogens is 486 g/mol. The Bertz CT molecular complexity index is 1250. The maximum atomic E-state index is 13.8. The third kappa shape index (κ3) is 4.36. The number of amides is 1. The predicted octanol–water partition coefficient (Wildman–Crippen LogP) is 4.88. The lowest BCUT2D eigenvalue weighted by molar-refractivity contribution is -0.135. The molecule has 0 N–H and O–H groups in total. The highest BCUT2D eigenvalue weighted by Crippen LogP contribution is 2.38. The van der Waals surface area contributed by atoms with Crippen LogP contribution in [0.15, 0.2) is 45.7 Å². The molecule has 2 aromatic carbocycles. The molecule has 1 aliphatic carbocycles. The van der Waals surface area contributed by atoms with Gasteiger partial charge < -0.3 is 14.4 Å². The average molecular weight is 514 g/mol. The van der Waals surface area contributed by atoms with Gasteiger partial charge >= 0.3 is 0 Å². The zero-order valence-electron chi connectivity index (χ0n) is 19.3. The number of aromatic nitrogens is 2. The summed E-state index contributed by atoms with van der Waals surface area (Å²) in [5.74, 6) is 1.77. The van der Waals surface area contributed by atoms with Gasteiger partial charge in [0.25, 0.3) is 5.56 Å². The van der Waals surface area contributed by atoms with E-state index >= 15 is 0 Å². The first kappa shape index (κ1) is 23.3. The maximum Gasteiger partial charge on any atom is 0.266 e. The molecule has 0 saturated heterocycles. The van der Waals surface area contributed by atoms with Gasteiger partial charge in [-0.25, -0.2) is 4.98 Å². The Hall–Kier alpha value is -2.87. The molecule has 0 aliphatic heterocycles. The number of benzene rings is 2. The summed E-state index contributed by atoms with van der Waals surface area (Å²) in [5, 5.41) is 0.498. The predicted molar refractivity (Wildman–Crippen MR) is 131 cm³/mol. The van der Waals surface area contributed by atoms with Gasteiger partial charge in [-0.15, -0.1) is 0 Å². The molecule has 3 aromatic rings. The van der Waals surface area contributed by atoms with Crippen LogP contribution in [0.1, 0.15) is 45.0 Å². The molecule has 33 heavy (non-hydrogen) atoms. The average Bonchev–Trinajstić information content (AvgIpc) is 3.68. The fraction of sp³-hybridized carbons (Fsp3) is 0.400. The van der Waals surface area contributed by atoms with Crippen LogP contribution in [0.25, 0.3) is 16.6 Å². The molecule has 7 nitrogen and oxygen atoms in total. The first-order valence-corrected chi connectivity index (χ1v) is 11.9. The van der Waals surface area contributed by atoms with Crippen LogP contribution in [0, 0.1) is 5.92 Å². The van der Waals surface area contributed by atoms with E-state index in [1.165, 1.54) is 0 Å². The Kier molecular flexibility index (Phi) is 6.74. The number of nitrogens with zero attached hydrogens (tertiary/aromatic N) is 3. The molecule has 1 heterocycles. The van der Waals surface area contributed by atoms with Crippen LogP contribution >= 0.6 is 15.9 Å². The summed E-state index contributed by atoms with van der Waals surface area (Å²) >= 11 is 3.60. The Morgan fingerprint density at radius 2 is 1.97 bits per heavy atom. The van der Waals surface area contributed by atoms with Gasteiger partial charge in [-0.2, -0.15) is 0 Å². The second kappa shape index (κ2) is 9.55. The lowest BCUT2D eigenvalue weighted by atomic mass is 10.1. The van der Waals surface area contributed by atoms with E-state index in [9.17, 15) is 9.59 Å². The van der Waals surface area contributed by atoms with E-state index in [4.69, 9.17) is 14.5 Å². The van der Waals surface area contributed by atoms with Crippen LogP contribution in [0.2, 0.25) is 0 Å². The molecule has 1 amide bonds. The Labute approximate surface area is 201 Å². The summed E-state index contributed by atoms with van der Waals surface area (Å²) in [7, 11) is 3.13. The first-order valence-electron chi connectivity index (χ1n) is 11.1. The van der Waals surface area contributed by atoms with Crippen LogP contribution in [0.5, 0.6) is 11.5 Å². The molecule has 1 unspecified atom stereocenters. The molecule has 8 heteroatoms. The largest absolute Gasteiger partial charge is 0.497 e. The lowest BCUT2D eigenvalue weighted by Crippen LogP contribution is -2.38. The normalized spacial score (nSPS) is 14.2. The van der Waals surface area contributed by atoms with Gasteiger partial charge in [0.15, 0.2) is 0 Å². The van der Waals surface area contributed by atoms with E-state index < -0.39 is 6.04 Å². The molecule has 1 aromatic heterocycles. The second-order valence-electron chi connectivity index (χ2n) is 8.27.